The molecule has 1 unspecified atom stereocenters. The van der Waals surface area contributed by atoms with Crippen LogP contribution in [0.1, 0.15) is 24.8 Å². The molecule has 36 heavy (non-hydrogen) atoms. The van der Waals surface area contributed by atoms with E-state index in [1.54, 1.807) is 42.5 Å². The molecule has 190 valence electrons. The van der Waals surface area contributed by atoms with Crippen LogP contribution in [0.15, 0.2) is 48.5 Å². The van der Waals surface area contributed by atoms with Crippen molar-refractivity contribution in [3.63, 3.8) is 0 Å². The Kier molecular flexibility index (Phi) is 6.09. The zero-order chi connectivity index (χ0) is 25.7. The largest absolute Gasteiger partial charge is 0.352 e. The molecule has 0 aromatic heterocycles. The molecule has 2 saturated heterocycles. The highest BCUT2D eigenvalue weighted by molar-refractivity contribution is 7.89. The van der Waals surface area contributed by atoms with Crippen molar-refractivity contribution in [2.75, 3.05) is 13.2 Å². The third-order valence-corrected chi connectivity index (χ3v) is 8.58. The summed E-state index contributed by atoms with van der Waals surface area (Å²) in [6.07, 6.45) is 1.06. The van der Waals surface area contributed by atoms with Crippen LogP contribution in [-0.4, -0.2) is 55.8 Å². The van der Waals surface area contributed by atoms with Gasteiger partial charge in [0, 0.05) is 30.0 Å². The maximum absolute atomic E-state index is 15.7. The van der Waals surface area contributed by atoms with Gasteiger partial charge in [0.15, 0.2) is 0 Å². The number of nitrogens with one attached hydrogen (secondary N) is 1. The van der Waals surface area contributed by atoms with Gasteiger partial charge in [0.25, 0.3) is 15.9 Å². The van der Waals surface area contributed by atoms with Crippen molar-refractivity contribution in [2.24, 2.45) is 5.41 Å². The third-order valence-electron chi connectivity index (χ3n) is 7.53. The van der Waals surface area contributed by atoms with E-state index < -0.39 is 50.6 Å². The number of alkyl halides is 2. The van der Waals surface area contributed by atoms with E-state index in [0.717, 1.165) is 0 Å². The fourth-order valence-corrected chi connectivity index (χ4v) is 6.17. The number of rotatable bonds is 7. The Balaban J connectivity index is 1.54. The van der Waals surface area contributed by atoms with Crippen molar-refractivity contribution in [2.45, 2.75) is 49.1 Å². The maximum Gasteiger partial charge on any atom is 0.350 e. The van der Waals surface area contributed by atoms with Crippen LogP contribution in [0.3, 0.4) is 0 Å². The minimum absolute atomic E-state index is 0.0692. The summed E-state index contributed by atoms with van der Waals surface area (Å²) in [5.41, 5.74) is -1.29. The second-order valence-electron chi connectivity index (χ2n) is 9.65. The van der Waals surface area contributed by atoms with Crippen LogP contribution >= 0.6 is 0 Å². The molecule has 2 aromatic rings. The van der Waals surface area contributed by atoms with Gasteiger partial charge in [0.05, 0.1) is 12.6 Å². The standard InChI is InChI=1S/C25H24F3N3O4S/c26-20-17(7-4-8-18(20)16-5-2-1-3-6-16)13-19-21(30-36(33,34)23(27)28)24(9-10-24)15-31(19)22(32)25(14-29)11-12-35-25/h1-8,19,21,23,30H,9-13,15H2/t19-,21+,25?/m0/s1. The Morgan fingerprint density at radius 2 is 1.86 bits per heavy atom. The van der Waals surface area contributed by atoms with Crippen LogP contribution in [0.5, 0.6) is 0 Å². The molecule has 2 aliphatic heterocycles. The summed E-state index contributed by atoms with van der Waals surface area (Å²) in [6, 6.07) is 13.5. The maximum atomic E-state index is 15.7. The zero-order valence-electron chi connectivity index (χ0n) is 19.2. The minimum atomic E-state index is -4.99. The molecule has 0 bridgehead atoms. The van der Waals surface area contributed by atoms with Gasteiger partial charge >= 0.3 is 5.76 Å². The summed E-state index contributed by atoms with van der Waals surface area (Å²) < 4.78 is 74.1. The first-order chi connectivity index (χ1) is 17.1. The van der Waals surface area contributed by atoms with Crippen LogP contribution in [-0.2, 0) is 26.0 Å². The number of nitrogens with zero attached hydrogens (tertiary/aromatic N) is 2. The van der Waals surface area contributed by atoms with Gasteiger partial charge in [-0.3, -0.25) is 4.79 Å². The molecule has 2 heterocycles. The van der Waals surface area contributed by atoms with Crippen molar-refractivity contribution in [3.05, 3.63) is 59.9 Å². The molecule has 2 aromatic carbocycles. The molecule has 5 rings (SSSR count). The lowest BCUT2D eigenvalue weighted by atomic mass is 9.90. The summed E-state index contributed by atoms with van der Waals surface area (Å²) in [6.45, 7) is 0.290. The van der Waals surface area contributed by atoms with Crippen molar-refractivity contribution in [1.29, 1.82) is 5.26 Å². The number of benzene rings is 2. The summed E-state index contributed by atoms with van der Waals surface area (Å²) in [5.74, 6) is -4.85. The number of hydrogen-bond acceptors (Lipinski definition) is 5. The van der Waals surface area contributed by atoms with E-state index in [4.69, 9.17) is 4.74 Å². The van der Waals surface area contributed by atoms with Gasteiger partial charge in [-0.1, -0.05) is 48.5 Å². The molecule has 1 aliphatic carbocycles. The van der Waals surface area contributed by atoms with E-state index in [2.05, 4.69) is 4.72 Å². The summed E-state index contributed by atoms with van der Waals surface area (Å²) in [7, 11) is -4.99. The summed E-state index contributed by atoms with van der Waals surface area (Å²) in [4.78, 5) is 14.8. The monoisotopic (exact) mass is 519 g/mol. The number of amides is 1. The molecule has 1 amide bonds. The molecule has 1 spiro atoms. The quantitative estimate of drug-likeness (QED) is 0.606. The van der Waals surface area contributed by atoms with E-state index in [9.17, 15) is 27.3 Å². The number of carbonyl (C=O) groups is 1. The van der Waals surface area contributed by atoms with Crippen LogP contribution < -0.4 is 4.72 Å². The van der Waals surface area contributed by atoms with Crippen molar-refractivity contribution < 1.29 is 31.1 Å². The predicted molar refractivity (Wildman–Crippen MR) is 123 cm³/mol. The van der Waals surface area contributed by atoms with E-state index in [1.165, 1.54) is 11.0 Å². The zero-order valence-corrected chi connectivity index (χ0v) is 20.0. The number of halogens is 3. The molecule has 11 heteroatoms. The van der Waals surface area contributed by atoms with Gasteiger partial charge in [0.1, 0.15) is 11.9 Å². The van der Waals surface area contributed by atoms with Gasteiger partial charge < -0.3 is 9.64 Å². The molecule has 0 radical (unpaired) electrons. The Hall–Kier alpha value is -2.94. The summed E-state index contributed by atoms with van der Waals surface area (Å²) >= 11 is 0. The molecule has 3 atom stereocenters. The molecular weight excluding hydrogens is 495 g/mol. The smallest absolute Gasteiger partial charge is 0.350 e. The lowest BCUT2D eigenvalue weighted by molar-refractivity contribution is -0.172. The summed E-state index contributed by atoms with van der Waals surface area (Å²) in [5, 5.41) is 9.63. The Morgan fingerprint density at radius 3 is 2.42 bits per heavy atom. The molecular formula is C25H24F3N3O4S. The van der Waals surface area contributed by atoms with Crippen molar-refractivity contribution >= 4 is 15.9 Å². The number of ether oxygens (including phenoxy) is 1. The number of sulfonamides is 1. The Morgan fingerprint density at radius 1 is 1.17 bits per heavy atom. The van der Waals surface area contributed by atoms with Gasteiger partial charge in [-0.25, -0.2) is 17.5 Å². The lowest BCUT2D eigenvalue weighted by Gasteiger charge is -2.39. The molecule has 3 fully saturated rings. The minimum Gasteiger partial charge on any atom is -0.352 e. The van der Waals surface area contributed by atoms with Crippen LogP contribution in [0.25, 0.3) is 11.1 Å². The van der Waals surface area contributed by atoms with Crippen molar-refractivity contribution in [1.82, 2.24) is 9.62 Å². The third kappa shape index (κ3) is 4.07. The van der Waals surface area contributed by atoms with E-state index in [1.807, 2.05) is 6.07 Å². The van der Waals surface area contributed by atoms with Crippen LogP contribution in [0.2, 0.25) is 0 Å². The number of nitriles is 1. The average molecular weight is 520 g/mol. The van der Waals surface area contributed by atoms with Gasteiger partial charge in [-0.05, 0) is 30.4 Å². The highest BCUT2D eigenvalue weighted by Gasteiger charge is 2.64. The lowest BCUT2D eigenvalue weighted by Crippen LogP contribution is -2.59. The fourth-order valence-electron chi connectivity index (χ4n) is 5.30. The number of carbonyl (C=O) groups excluding carboxylic acids is 1. The van der Waals surface area contributed by atoms with Gasteiger partial charge in [-0.15, -0.1) is 0 Å². The Bertz CT molecular complexity index is 1320. The van der Waals surface area contributed by atoms with Gasteiger partial charge in [0.2, 0.25) is 5.60 Å². The average Bonchev–Trinajstić information content (AvgIpc) is 3.55. The second kappa shape index (κ2) is 8.87. The van der Waals surface area contributed by atoms with Crippen LogP contribution in [0, 0.1) is 22.6 Å². The highest BCUT2D eigenvalue weighted by atomic mass is 32.2. The Labute approximate surface area is 206 Å². The second-order valence-corrected chi connectivity index (χ2v) is 11.3. The molecule has 1 saturated carbocycles. The first-order valence-corrected chi connectivity index (χ1v) is 13.2. The first kappa shape index (κ1) is 24.7. The first-order valence-electron chi connectivity index (χ1n) is 11.6. The topological polar surface area (TPSA) is 99.5 Å². The normalized spacial score (nSPS) is 26.6. The van der Waals surface area contributed by atoms with E-state index in [-0.39, 0.29) is 31.6 Å². The number of hydrogen-bond donors (Lipinski definition) is 1. The predicted octanol–water partition coefficient (Wildman–Crippen LogP) is 3.22. The van der Waals surface area contributed by atoms with E-state index in [0.29, 0.717) is 24.0 Å². The van der Waals surface area contributed by atoms with Gasteiger partial charge in [-0.2, -0.15) is 14.0 Å². The number of likely N-dealkylation sites (tertiary alicyclic amines) is 1. The van der Waals surface area contributed by atoms with Crippen molar-refractivity contribution in [3.8, 4) is 17.2 Å². The fraction of sp³-hybridized carbons (Fsp3) is 0.440. The van der Waals surface area contributed by atoms with E-state index >= 15 is 4.39 Å². The highest BCUT2D eigenvalue weighted by Crippen LogP contribution is 2.56. The molecule has 1 N–H and O–H groups in total. The molecule has 3 aliphatic rings. The van der Waals surface area contributed by atoms with Crippen LogP contribution in [0.4, 0.5) is 13.2 Å². The molecule has 7 nitrogen and oxygen atoms in total. The SMILES string of the molecule is N#CC1(C(=O)N2CC3(CC3)[C@H](NS(=O)(=O)C(F)F)[C@@H]2Cc2cccc(-c3ccccc3)c2F)CCO1.